The lowest BCUT2D eigenvalue weighted by atomic mass is 9.84. The van der Waals surface area contributed by atoms with E-state index in [0.29, 0.717) is 0 Å². The van der Waals surface area contributed by atoms with Crippen molar-refractivity contribution in [3.05, 3.63) is 29.8 Å². The first-order valence-electron chi connectivity index (χ1n) is 5.65. The third-order valence-electron chi connectivity index (χ3n) is 3.24. The van der Waals surface area contributed by atoms with Crippen LogP contribution in [0.4, 0.5) is 0 Å². The van der Waals surface area contributed by atoms with Gasteiger partial charge in [0.25, 0.3) is 10.1 Å². The molecule has 1 aromatic carbocycles. The molecule has 0 amide bonds. The highest BCUT2D eigenvalue weighted by Crippen LogP contribution is 2.35. The minimum absolute atomic E-state index is 0.0851. The van der Waals surface area contributed by atoms with Gasteiger partial charge in [-0.2, -0.15) is 8.42 Å². The van der Waals surface area contributed by atoms with Crippen LogP contribution in [-0.4, -0.2) is 13.0 Å². The number of rotatable bonds is 2. The maximum absolute atomic E-state index is 11.3. The van der Waals surface area contributed by atoms with Gasteiger partial charge < -0.3 is 0 Å². The molecule has 0 bridgehead atoms. The summed E-state index contributed by atoms with van der Waals surface area (Å²) in [4.78, 5) is 0.0851. The van der Waals surface area contributed by atoms with Crippen molar-refractivity contribution in [1.82, 2.24) is 0 Å². The summed E-state index contributed by atoms with van der Waals surface area (Å²) in [5.74, 6) is 0.284. The van der Waals surface area contributed by atoms with Crippen molar-refractivity contribution in [2.45, 2.75) is 42.9 Å². The largest absolute Gasteiger partial charge is 0.294 e. The van der Waals surface area contributed by atoms with Crippen molar-refractivity contribution < 1.29 is 13.0 Å². The van der Waals surface area contributed by atoms with Gasteiger partial charge in [0.15, 0.2) is 0 Å². The van der Waals surface area contributed by atoms with Crippen molar-refractivity contribution >= 4 is 10.1 Å². The van der Waals surface area contributed by atoms with Gasteiger partial charge in [0.05, 0.1) is 4.90 Å². The van der Waals surface area contributed by atoms with Crippen molar-refractivity contribution in [2.75, 3.05) is 0 Å². The van der Waals surface area contributed by atoms with Crippen LogP contribution in [0.2, 0.25) is 0 Å². The minimum atomic E-state index is -4.08. The van der Waals surface area contributed by atoms with Crippen molar-refractivity contribution in [3.63, 3.8) is 0 Å². The molecular formula is C12H16O3S. The molecule has 1 aliphatic carbocycles. The van der Waals surface area contributed by atoms with Gasteiger partial charge in [-0.3, -0.25) is 4.55 Å². The molecule has 1 aromatic rings. The normalized spacial score (nSPS) is 18.6. The van der Waals surface area contributed by atoms with Gasteiger partial charge in [-0.05, 0) is 30.4 Å². The van der Waals surface area contributed by atoms with Crippen molar-refractivity contribution in [2.24, 2.45) is 0 Å². The zero-order valence-electron chi connectivity index (χ0n) is 9.09. The molecule has 0 radical (unpaired) electrons. The molecule has 0 atom stereocenters. The van der Waals surface area contributed by atoms with Gasteiger partial charge in [-0.1, -0.05) is 37.5 Å². The van der Waals surface area contributed by atoms with Crippen LogP contribution in [0.25, 0.3) is 0 Å². The first kappa shape index (κ1) is 11.6. The Hall–Kier alpha value is -0.870. The molecule has 0 heterocycles. The van der Waals surface area contributed by atoms with Gasteiger partial charge >= 0.3 is 0 Å². The standard InChI is InChI=1S/C12H16O3S/c13-16(14,15)12-9-5-4-8-11(12)10-6-2-1-3-7-10/h4-5,8-10H,1-3,6-7H2,(H,13,14,15). The summed E-state index contributed by atoms with van der Waals surface area (Å²) in [5.41, 5.74) is 0.782. The zero-order chi connectivity index (χ0) is 11.6. The molecule has 0 aliphatic heterocycles. The Labute approximate surface area is 96.2 Å². The van der Waals surface area contributed by atoms with E-state index >= 15 is 0 Å². The van der Waals surface area contributed by atoms with E-state index in [9.17, 15) is 13.0 Å². The van der Waals surface area contributed by atoms with Crippen LogP contribution in [0, 0.1) is 0 Å². The summed E-state index contributed by atoms with van der Waals surface area (Å²) in [7, 11) is -4.08. The molecule has 3 nitrogen and oxygen atoms in total. The highest BCUT2D eigenvalue weighted by atomic mass is 32.2. The van der Waals surface area contributed by atoms with Crippen molar-refractivity contribution in [1.29, 1.82) is 0 Å². The van der Waals surface area contributed by atoms with Gasteiger partial charge in [0.1, 0.15) is 0 Å². The Morgan fingerprint density at radius 3 is 2.31 bits per heavy atom. The van der Waals surface area contributed by atoms with Crippen LogP contribution >= 0.6 is 0 Å². The van der Waals surface area contributed by atoms with E-state index < -0.39 is 10.1 Å². The van der Waals surface area contributed by atoms with Crippen molar-refractivity contribution in [3.8, 4) is 0 Å². The molecule has 4 heteroatoms. The third-order valence-corrected chi connectivity index (χ3v) is 4.17. The van der Waals surface area contributed by atoms with Crippen LogP contribution in [0.1, 0.15) is 43.6 Å². The molecule has 1 saturated carbocycles. The maximum Gasteiger partial charge on any atom is 0.294 e. The first-order valence-corrected chi connectivity index (χ1v) is 7.09. The molecule has 2 rings (SSSR count). The molecule has 1 N–H and O–H groups in total. The summed E-state index contributed by atoms with van der Waals surface area (Å²) in [5, 5.41) is 0. The molecular weight excluding hydrogens is 224 g/mol. The lowest BCUT2D eigenvalue weighted by molar-refractivity contribution is 0.434. The Balaban J connectivity index is 2.40. The minimum Gasteiger partial charge on any atom is -0.282 e. The summed E-state index contributed by atoms with van der Waals surface area (Å²) >= 11 is 0. The smallest absolute Gasteiger partial charge is 0.282 e. The second-order valence-electron chi connectivity index (χ2n) is 4.35. The molecule has 0 spiro atoms. The Kier molecular flexibility index (Phi) is 3.30. The fourth-order valence-corrected chi connectivity index (χ4v) is 3.25. The average molecular weight is 240 g/mol. The van der Waals surface area contributed by atoms with E-state index in [0.717, 1.165) is 31.2 Å². The van der Waals surface area contributed by atoms with E-state index in [1.807, 2.05) is 12.1 Å². The van der Waals surface area contributed by atoms with Crippen LogP contribution in [0.3, 0.4) is 0 Å². The lowest BCUT2D eigenvalue weighted by Gasteiger charge is -2.23. The highest BCUT2D eigenvalue weighted by molar-refractivity contribution is 7.85. The van der Waals surface area contributed by atoms with Gasteiger partial charge in [0.2, 0.25) is 0 Å². The summed E-state index contributed by atoms with van der Waals surface area (Å²) < 4.78 is 31.7. The van der Waals surface area contributed by atoms with Gasteiger partial charge in [-0.15, -0.1) is 0 Å². The Bertz CT molecular complexity index is 459. The van der Waals surface area contributed by atoms with E-state index in [1.54, 1.807) is 6.07 Å². The molecule has 0 saturated heterocycles. The summed E-state index contributed by atoms with van der Waals surface area (Å²) in [6, 6.07) is 6.78. The second-order valence-corrected chi connectivity index (χ2v) is 5.74. The SMILES string of the molecule is O=S(=O)(O)c1ccccc1C1CCCCC1. The van der Waals surface area contributed by atoms with Gasteiger partial charge in [0, 0.05) is 0 Å². The Morgan fingerprint density at radius 2 is 1.69 bits per heavy atom. The van der Waals surface area contributed by atoms with Crippen LogP contribution in [-0.2, 0) is 10.1 Å². The highest BCUT2D eigenvalue weighted by Gasteiger charge is 2.22. The fraction of sp³-hybridized carbons (Fsp3) is 0.500. The maximum atomic E-state index is 11.3. The number of hydrogen-bond donors (Lipinski definition) is 1. The molecule has 16 heavy (non-hydrogen) atoms. The summed E-state index contributed by atoms with van der Waals surface area (Å²) in [6.07, 6.45) is 5.55. The monoisotopic (exact) mass is 240 g/mol. The summed E-state index contributed by atoms with van der Waals surface area (Å²) in [6.45, 7) is 0. The van der Waals surface area contributed by atoms with E-state index in [4.69, 9.17) is 0 Å². The topological polar surface area (TPSA) is 54.4 Å². The predicted molar refractivity (Wildman–Crippen MR) is 62.1 cm³/mol. The molecule has 0 aromatic heterocycles. The fourth-order valence-electron chi connectivity index (χ4n) is 2.47. The Morgan fingerprint density at radius 1 is 1.06 bits per heavy atom. The lowest BCUT2D eigenvalue weighted by Crippen LogP contribution is -2.10. The predicted octanol–water partition coefficient (Wildman–Crippen LogP) is 2.98. The van der Waals surface area contributed by atoms with E-state index in [2.05, 4.69) is 0 Å². The van der Waals surface area contributed by atoms with Gasteiger partial charge in [-0.25, -0.2) is 0 Å². The van der Waals surface area contributed by atoms with Crippen LogP contribution in [0.15, 0.2) is 29.2 Å². The average Bonchev–Trinajstić information content (AvgIpc) is 2.29. The molecule has 0 unspecified atom stereocenters. The zero-order valence-corrected chi connectivity index (χ0v) is 9.91. The number of hydrogen-bond acceptors (Lipinski definition) is 2. The molecule has 88 valence electrons. The third kappa shape index (κ3) is 2.44. The van der Waals surface area contributed by atoms with Crippen LogP contribution in [0.5, 0.6) is 0 Å². The first-order chi connectivity index (χ1) is 7.59. The number of benzene rings is 1. The van der Waals surface area contributed by atoms with Crippen LogP contribution < -0.4 is 0 Å². The van der Waals surface area contributed by atoms with E-state index in [-0.39, 0.29) is 10.8 Å². The van der Waals surface area contributed by atoms with E-state index in [1.165, 1.54) is 12.5 Å². The quantitative estimate of drug-likeness (QED) is 0.808. The molecule has 1 aliphatic rings. The second kappa shape index (κ2) is 4.55. The molecule has 1 fully saturated rings.